The number of benzene rings is 1. The van der Waals surface area contributed by atoms with Gasteiger partial charge in [-0.15, -0.1) is 0 Å². The van der Waals surface area contributed by atoms with E-state index >= 15 is 0 Å². The minimum absolute atomic E-state index is 0.0281. The average Bonchev–Trinajstić information content (AvgIpc) is 2.47. The highest BCUT2D eigenvalue weighted by molar-refractivity contribution is 5.86. The molecule has 5 heteroatoms. The first-order valence-corrected chi connectivity index (χ1v) is 5.74. The maximum Gasteiger partial charge on any atom is 0.338 e. The van der Waals surface area contributed by atoms with Crippen LogP contribution in [-0.2, 0) is 0 Å². The van der Waals surface area contributed by atoms with Crippen LogP contribution in [0.2, 0.25) is 0 Å². The highest BCUT2D eigenvalue weighted by atomic mass is 16.5. The molecule has 0 spiro atoms. The maximum atomic E-state index is 10.3. The lowest BCUT2D eigenvalue weighted by Crippen LogP contribution is -2.00. The van der Waals surface area contributed by atoms with Crippen molar-refractivity contribution in [3.05, 3.63) is 77.4 Å². The summed E-state index contributed by atoms with van der Waals surface area (Å²) in [7, 11) is 0. The molecule has 1 heterocycles. The fourth-order valence-electron chi connectivity index (χ4n) is 1.15. The predicted octanol–water partition coefficient (Wildman–Crippen LogP) is 2.59. The molecular weight excluding hydrogens is 260 g/mol. The van der Waals surface area contributed by atoms with Crippen molar-refractivity contribution in [3.8, 4) is 5.75 Å². The minimum Gasteiger partial charge on any atom is -0.490 e. The zero-order valence-electron chi connectivity index (χ0n) is 10.7. The first-order chi connectivity index (χ1) is 9.63. The van der Waals surface area contributed by atoms with Gasteiger partial charge in [-0.2, -0.15) is 0 Å². The number of hydrogen-bond donors (Lipinski definition) is 1. The van der Waals surface area contributed by atoms with Crippen molar-refractivity contribution in [1.82, 2.24) is 0 Å². The van der Waals surface area contributed by atoms with Gasteiger partial charge in [-0.3, -0.25) is 0 Å². The van der Waals surface area contributed by atoms with Crippen LogP contribution < -0.4 is 10.4 Å². The molecule has 0 bridgehead atoms. The summed E-state index contributed by atoms with van der Waals surface area (Å²) >= 11 is 0. The van der Waals surface area contributed by atoms with Crippen molar-refractivity contribution in [2.24, 2.45) is 0 Å². The number of carbonyl (C=O) groups is 1. The van der Waals surface area contributed by atoms with Crippen LogP contribution in [0.5, 0.6) is 5.75 Å². The summed E-state index contributed by atoms with van der Waals surface area (Å²) in [6.45, 7) is 4.12. The van der Waals surface area contributed by atoms with Gasteiger partial charge in [-0.1, -0.05) is 30.9 Å². The Morgan fingerprint density at radius 1 is 1.25 bits per heavy atom. The SMILES string of the molecule is C=CCOc1ccccc1.O=C(O)c1ccc(=O)oc1. The van der Waals surface area contributed by atoms with E-state index in [0.717, 1.165) is 18.1 Å². The zero-order valence-corrected chi connectivity index (χ0v) is 10.7. The highest BCUT2D eigenvalue weighted by Crippen LogP contribution is 2.07. The Balaban J connectivity index is 0.000000200. The van der Waals surface area contributed by atoms with Crippen LogP contribution in [0.3, 0.4) is 0 Å². The van der Waals surface area contributed by atoms with Crippen LogP contribution in [0.4, 0.5) is 0 Å². The van der Waals surface area contributed by atoms with E-state index in [1.54, 1.807) is 6.08 Å². The molecule has 0 aliphatic carbocycles. The molecule has 2 rings (SSSR count). The highest BCUT2D eigenvalue weighted by Gasteiger charge is 2.00. The summed E-state index contributed by atoms with van der Waals surface area (Å²) < 4.78 is 9.52. The monoisotopic (exact) mass is 274 g/mol. The van der Waals surface area contributed by atoms with Crippen LogP contribution in [0.15, 0.2) is 70.6 Å². The number of para-hydroxylation sites is 1. The van der Waals surface area contributed by atoms with Gasteiger partial charge in [-0.25, -0.2) is 9.59 Å². The second-order valence-corrected chi connectivity index (χ2v) is 3.56. The van der Waals surface area contributed by atoms with Crippen molar-refractivity contribution < 1.29 is 19.1 Å². The number of carboxylic acid groups (broad SMARTS) is 1. The largest absolute Gasteiger partial charge is 0.490 e. The summed E-state index contributed by atoms with van der Waals surface area (Å²) in [5.74, 6) is -0.217. The normalized spacial score (nSPS) is 9.00. The Hall–Kier alpha value is -2.82. The quantitative estimate of drug-likeness (QED) is 0.867. The zero-order chi connectivity index (χ0) is 14.8. The first kappa shape index (κ1) is 15.2. The van der Waals surface area contributed by atoms with Crippen LogP contribution >= 0.6 is 0 Å². The maximum absolute atomic E-state index is 10.3. The Morgan fingerprint density at radius 2 is 1.95 bits per heavy atom. The molecule has 0 saturated heterocycles. The lowest BCUT2D eigenvalue weighted by Gasteiger charge is -1.99. The van der Waals surface area contributed by atoms with Crippen molar-refractivity contribution in [2.75, 3.05) is 6.61 Å². The van der Waals surface area contributed by atoms with Gasteiger partial charge in [0.15, 0.2) is 0 Å². The van der Waals surface area contributed by atoms with Crippen molar-refractivity contribution >= 4 is 5.97 Å². The number of hydrogen-bond acceptors (Lipinski definition) is 4. The van der Waals surface area contributed by atoms with E-state index in [2.05, 4.69) is 11.0 Å². The summed E-state index contributed by atoms with van der Waals surface area (Å²) in [6.07, 6.45) is 2.64. The molecule has 0 unspecified atom stereocenters. The van der Waals surface area contributed by atoms with E-state index < -0.39 is 11.6 Å². The van der Waals surface area contributed by atoms with E-state index in [4.69, 9.17) is 9.84 Å². The molecule has 0 aliphatic rings. The van der Waals surface area contributed by atoms with Gasteiger partial charge in [-0.05, 0) is 18.2 Å². The number of ether oxygens (including phenoxy) is 1. The summed E-state index contributed by atoms with van der Waals surface area (Å²) in [4.78, 5) is 20.4. The van der Waals surface area contributed by atoms with Crippen LogP contribution in [-0.4, -0.2) is 17.7 Å². The van der Waals surface area contributed by atoms with Gasteiger partial charge < -0.3 is 14.3 Å². The molecule has 2 aromatic rings. The third-order valence-electron chi connectivity index (χ3n) is 2.06. The molecule has 0 atom stereocenters. The molecule has 0 fully saturated rings. The summed E-state index contributed by atoms with van der Waals surface area (Å²) in [6, 6.07) is 11.9. The van der Waals surface area contributed by atoms with E-state index in [9.17, 15) is 9.59 Å². The molecule has 1 aromatic heterocycles. The van der Waals surface area contributed by atoms with E-state index in [1.807, 2.05) is 30.3 Å². The average molecular weight is 274 g/mol. The Bertz CT molecular complexity index is 581. The summed E-state index contributed by atoms with van der Waals surface area (Å²) in [5, 5.41) is 8.31. The van der Waals surface area contributed by atoms with Crippen molar-refractivity contribution in [3.63, 3.8) is 0 Å². The Morgan fingerprint density at radius 3 is 2.45 bits per heavy atom. The van der Waals surface area contributed by atoms with Gasteiger partial charge >= 0.3 is 11.6 Å². The van der Waals surface area contributed by atoms with E-state index in [-0.39, 0.29) is 5.56 Å². The third kappa shape index (κ3) is 5.68. The number of rotatable bonds is 4. The molecule has 1 aromatic carbocycles. The van der Waals surface area contributed by atoms with Gasteiger partial charge in [0, 0.05) is 6.07 Å². The topological polar surface area (TPSA) is 76.7 Å². The van der Waals surface area contributed by atoms with Gasteiger partial charge in [0.1, 0.15) is 18.6 Å². The standard InChI is InChI=1S/C9H10O.C6H4O4/c1-2-8-10-9-6-4-3-5-7-9;7-5-2-1-4(3-10-5)6(8)9/h2-7H,1,8H2;1-3H,(H,8,9). The van der Waals surface area contributed by atoms with Crippen molar-refractivity contribution in [1.29, 1.82) is 0 Å². The molecule has 0 radical (unpaired) electrons. The first-order valence-electron chi connectivity index (χ1n) is 5.74. The molecule has 5 nitrogen and oxygen atoms in total. The molecule has 1 N–H and O–H groups in total. The molecule has 0 aliphatic heterocycles. The number of aromatic carboxylic acids is 1. The molecule has 0 amide bonds. The molecule has 0 saturated carbocycles. The fourth-order valence-corrected chi connectivity index (χ4v) is 1.15. The van der Waals surface area contributed by atoms with Gasteiger partial charge in [0.25, 0.3) is 0 Å². The molecular formula is C15H14O5. The van der Waals surface area contributed by atoms with Crippen LogP contribution in [0, 0.1) is 0 Å². The Labute approximate surface area is 115 Å². The van der Waals surface area contributed by atoms with Gasteiger partial charge in [0.2, 0.25) is 0 Å². The molecule has 20 heavy (non-hydrogen) atoms. The van der Waals surface area contributed by atoms with E-state index in [0.29, 0.717) is 6.61 Å². The number of carboxylic acids is 1. The second-order valence-electron chi connectivity index (χ2n) is 3.56. The van der Waals surface area contributed by atoms with Crippen molar-refractivity contribution in [2.45, 2.75) is 0 Å². The van der Waals surface area contributed by atoms with Crippen LogP contribution in [0.1, 0.15) is 10.4 Å². The molecule has 104 valence electrons. The summed E-state index contributed by atoms with van der Waals surface area (Å²) in [5.41, 5.74) is -0.579. The Kier molecular flexibility index (Phi) is 6.33. The van der Waals surface area contributed by atoms with Gasteiger partial charge in [0.05, 0.1) is 5.56 Å². The lowest BCUT2D eigenvalue weighted by atomic mass is 10.3. The smallest absolute Gasteiger partial charge is 0.338 e. The minimum atomic E-state index is -1.11. The third-order valence-corrected chi connectivity index (χ3v) is 2.06. The van der Waals surface area contributed by atoms with E-state index in [1.165, 1.54) is 6.07 Å². The second kappa shape index (κ2) is 8.31. The fraction of sp³-hybridized carbons (Fsp3) is 0.0667. The predicted molar refractivity (Wildman–Crippen MR) is 74.1 cm³/mol. The lowest BCUT2D eigenvalue weighted by molar-refractivity contribution is 0.0694. The van der Waals surface area contributed by atoms with Crippen LogP contribution in [0.25, 0.3) is 0 Å².